The zero-order valence-electron chi connectivity index (χ0n) is 10.6. The Hall–Kier alpha value is -1.10. The zero-order valence-corrected chi connectivity index (χ0v) is 12.1. The Balaban J connectivity index is 2.11. The lowest BCUT2D eigenvalue weighted by Gasteiger charge is -2.02. The predicted octanol–water partition coefficient (Wildman–Crippen LogP) is 3.77. The molecule has 0 amide bonds. The molecular formula is C13H15Cl2N3O. The first-order valence-electron chi connectivity index (χ1n) is 6.12. The summed E-state index contributed by atoms with van der Waals surface area (Å²) in [7, 11) is 0. The molecule has 2 rings (SSSR count). The van der Waals surface area contributed by atoms with Gasteiger partial charge in [0.05, 0.1) is 6.04 Å². The van der Waals surface area contributed by atoms with E-state index in [0.717, 1.165) is 18.4 Å². The molecule has 0 bridgehead atoms. The average Bonchev–Trinajstić information content (AvgIpc) is 2.82. The van der Waals surface area contributed by atoms with Crippen molar-refractivity contribution in [2.24, 2.45) is 5.73 Å². The van der Waals surface area contributed by atoms with Crippen molar-refractivity contribution in [3.8, 4) is 0 Å². The SMILES string of the molecule is CCCC(N)c1nc(Cc2ccc(Cl)cc2Cl)no1. The molecule has 2 aromatic rings. The summed E-state index contributed by atoms with van der Waals surface area (Å²) in [5.41, 5.74) is 6.83. The van der Waals surface area contributed by atoms with Gasteiger partial charge in [-0.1, -0.05) is 47.8 Å². The van der Waals surface area contributed by atoms with E-state index >= 15 is 0 Å². The van der Waals surface area contributed by atoms with Gasteiger partial charge in [0, 0.05) is 16.5 Å². The van der Waals surface area contributed by atoms with Crippen LogP contribution >= 0.6 is 23.2 Å². The van der Waals surface area contributed by atoms with Gasteiger partial charge in [-0.2, -0.15) is 4.98 Å². The van der Waals surface area contributed by atoms with Crippen LogP contribution in [0.1, 0.15) is 43.1 Å². The Kier molecular flexibility index (Phi) is 4.80. The molecule has 0 radical (unpaired) electrons. The molecule has 0 saturated heterocycles. The second kappa shape index (κ2) is 6.37. The first-order valence-corrected chi connectivity index (χ1v) is 6.87. The van der Waals surface area contributed by atoms with Crippen molar-refractivity contribution in [3.05, 3.63) is 45.5 Å². The maximum atomic E-state index is 6.10. The fraction of sp³-hybridized carbons (Fsp3) is 0.385. The van der Waals surface area contributed by atoms with E-state index in [-0.39, 0.29) is 6.04 Å². The monoisotopic (exact) mass is 299 g/mol. The van der Waals surface area contributed by atoms with Gasteiger partial charge in [-0.15, -0.1) is 0 Å². The third kappa shape index (κ3) is 3.69. The number of rotatable bonds is 5. The summed E-state index contributed by atoms with van der Waals surface area (Å²) in [6, 6.07) is 5.13. The van der Waals surface area contributed by atoms with Gasteiger partial charge in [0.25, 0.3) is 0 Å². The lowest BCUT2D eigenvalue weighted by molar-refractivity contribution is 0.345. The lowest BCUT2D eigenvalue weighted by atomic mass is 10.1. The minimum absolute atomic E-state index is 0.202. The fourth-order valence-corrected chi connectivity index (χ4v) is 2.24. The molecule has 102 valence electrons. The molecule has 6 heteroatoms. The highest BCUT2D eigenvalue weighted by molar-refractivity contribution is 6.35. The Morgan fingerprint density at radius 1 is 1.37 bits per heavy atom. The molecule has 0 aliphatic rings. The molecule has 1 atom stereocenters. The van der Waals surface area contributed by atoms with Crippen molar-refractivity contribution in [3.63, 3.8) is 0 Å². The van der Waals surface area contributed by atoms with Crippen molar-refractivity contribution in [1.29, 1.82) is 0 Å². The zero-order chi connectivity index (χ0) is 13.8. The predicted molar refractivity (Wildman–Crippen MR) is 75.4 cm³/mol. The van der Waals surface area contributed by atoms with E-state index in [2.05, 4.69) is 17.1 Å². The van der Waals surface area contributed by atoms with E-state index in [0.29, 0.717) is 28.2 Å². The highest BCUT2D eigenvalue weighted by Gasteiger charge is 2.14. The molecule has 19 heavy (non-hydrogen) atoms. The number of nitrogens with zero attached hydrogens (tertiary/aromatic N) is 2. The summed E-state index contributed by atoms with van der Waals surface area (Å²) in [6.45, 7) is 2.06. The maximum Gasteiger partial charge on any atom is 0.243 e. The molecule has 4 nitrogen and oxygen atoms in total. The van der Waals surface area contributed by atoms with E-state index in [1.165, 1.54) is 0 Å². The van der Waals surface area contributed by atoms with E-state index in [1.807, 2.05) is 6.07 Å². The summed E-state index contributed by atoms with van der Waals surface area (Å²) in [5.74, 6) is 1.05. The quantitative estimate of drug-likeness (QED) is 0.913. The molecule has 0 aliphatic carbocycles. The van der Waals surface area contributed by atoms with Crippen molar-refractivity contribution in [1.82, 2.24) is 10.1 Å². The third-order valence-electron chi connectivity index (χ3n) is 2.76. The second-order valence-electron chi connectivity index (χ2n) is 4.36. The van der Waals surface area contributed by atoms with Gasteiger partial charge in [-0.25, -0.2) is 0 Å². The largest absolute Gasteiger partial charge is 0.338 e. The number of hydrogen-bond donors (Lipinski definition) is 1. The molecule has 0 fully saturated rings. The van der Waals surface area contributed by atoms with Crippen molar-refractivity contribution in [2.45, 2.75) is 32.2 Å². The Morgan fingerprint density at radius 2 is 2.16 bits per heavy atom. The Bertz CT molecular complexity index is 557. The molecule has 0 aliphatic heterocycles. The standard InChI is InChI=1S/C13H15Cl2N3O/c1-2-3-11(16)13-17-12(18-19-13)6-8-4-5-9(14)7-10(8)15/h4-5,7,11H,2-3,6,16H2,1H3. The van der Waals surface area contributed by atoms with Gasteiger partial charge in [-0.3, -0.25) is 0 Å². The van der Waals surface area contributed by atoms with Gasteiger partial charge < -0.3 is 10.3 Å². The van der Waals surface area contributed by atoms with Crippen LogP contribution in [-0.2, 0) is 6.42 Å². The molecule has 2 N–H and O–H groups in total. The van der Waals surface area contributed by atoms with Gasteiger partial charge in [0.2, 0.25) is 5.89 Å². The molecule has 1 heterocycles. The molecule has 0 saturated carbocycles. The van der Waals surface area contributed by atoms with Crippen molar-refractivity contribution in [2.75, 3.05) is 0 Å². The molecule has 1 aromatic carbocycles. The highest BCUT2D eigenvalue weighted by Crippen LogP contribution is 2.23. The van der Waals surface area contributed by atoms with Crippen LogP contribution in [0.3, 0.4) is 0 Å². The smallest absolute Gasteiger partial charge is 0.243 e. The lowest BCUT2D eigenvalue weighted by Crippen LogP contribution is -2.10. The van der Waals surface area contributed by atoms with Crippen molar-refractivity contribution >= 4 is 23.2 Å². The van der Waals surface area contributed by atoms with Crippen LogP contribution in [0, 0.1) is 0 Å². The maximum absolute atomic E-state index is 6.10. The molecule has 0 spiro atoms. The number of hydrogen-bond acceptors (Lipinski definition) is 4. The van der Waals surface area contributed by atoms with Crippen LogP contribution in [0.4, 0.5) is 0 Å². The van der Waals surface area contributed by atoms with Crippen LogP contribution in [0.2, 0.25) is 10.0 Å². The van der Waals surface area contributed by atoms with Gasteiger partial charge in [0.1, 0.15) is 0 Å². The summed E-state index contributed by atoms with van der Waals surface area (Å²) in [5, 5.41) is 5.12. The van der Waals surface area contributed by atoms with Crippen LogP contribution in [0.25, 0.3) is 0 Å². The minimum atomic E-state index is -0.202. The molecule has 1 unspecified atom stereocenters. The number of benzene rings is 1. The van der Waals surface area contributed by atoms with Crippen LogP contribution < -0.4 is 5.73 Å². The Morgan fingerprint density at radius 3 is 2.84 bits per heavy atom. The average molecular weight is 300 g/mol. The van der Waals surface area contributed by atoms with Crippen LogP contribution in [0.5, 0.6) is 0 Å². The second-order valence-corrected chi connectivity index (χ2v) is 5.20. The first kappa shape index (κ1) is 14.3. The van der Waals surface area contributed by atoms with Gasteiger partial charge in [0.15, 0.2) is 5.82 Å². The summed E-state index contributed by atoms with van der Waals surface area (Å²) in [6.07, 6.45) is 2.30. The fourth-order valence-electron chi connectivity index (χ4n) is 1.76. The van der Waals surface area contributed by atoms with E-state index in [9.17, 15) is 0 Å². The molecular weight excluding hydrogens is 285 g/mol. The van der Waals surface area contributed by atoms with Crippen LogP contribution in [-0.4, -0.2) is 10.1 Å². The third-order valence-corrected chi connectivity index (χ3v) is 3.35. The summed E-state index contributed by atoms with van der Waals surface area (Å²) < 4.78 is 5.16. The molecule has 1 aromatic heterocycles. The summed E-state index contributed by atoms with van der Waals surface area (Å²) in [4.78, 5) is 4.29. The Labute approximate surface area is 121 Å². The first-order chi connectivity index (χ1) is 9.10. The number of nitrogens with two attached hydrogens (primary N) is 1. The highest BCUT2D eigenvalue weighted by atomic mass is 35.5. The van der Waals surface area contributed by atoms with E-state index in [1.54, 1.807) is 12.1 Å². The van der Waals surface area contributed by atoms with Gasteiger partial charge in [-0.05, 0) is 24.1 Å². The van der Waals surface area contributed by atoms with Crippen molar-refractivity contribution < 1.29 is 4.52 Å². The van der Waals surface area contributed by atoms with E-state index in [4.69, 9.17) is 33.5 Å². The summed E-state index contributed by atoms with van der Waals surface area (Å²) >= 11 is 12.0. The van der Waals surface area contributed by atoms with Crippen LogP contribution in [0.15, 0.2) is 22.7 Å². The normalized spacial score (nSPS) is 12.6. The topological polar surface area (TPSA) is 64.9 Å². The van der Waals surface area contributed by atoms with E-state index < -0.39 is 0 Å². The number of aromatic nitrogens is 2. The minimum Gasteiger partial charge on any atom is -0.338 e. The van der Waals surface area contributed by atoms with Gasteiger partial charge >= 0.3 is 0 Å². The number of halogens is 2.